The number of Topliss-reactive ketones (excluding diaryl/α,β-unsaturated/α-hetero) is 1. The van der Waals surface area contributed by atoms with Crippen molar-refractivity contribution in [1.29, 1.82) is 0 Å². The highest BCUT2D eigenvalue weighted by Crippen LogP contribution is 2.54. The maximum absolute atomic E-state index is 14.0. The molecule has 0 aliphatic carbocycles. The highest BCUT2D eigenvalue weighted by Gasteiger charge is 2.64. The number of carbonyl (C=O) groups is 3. The van der Waals surface area contributed by atoms with E-state index in [-0.39, 0.29) is 11.7 Å². The molecule has 3 aliphatic rings. The van der Waals surface area contributed by atoms with Crippen LogP contribution >= 0.6 is 27.5 Å². The van der Waals surface area contributed by atoms with Crippen molar-refractivity contribution < 1.29 is 19.1 Å². The molecule has 6 rings (SSSR count). The van der Waals surface area contributed by atoms with E-state index in [1.54, 1.807) is 49.6 Å². The van der Waals surface area contributed by atoms with Gasteiger partial charge in [-0.3, -0.25) is 14.4 Å². The number of nitrogens with zero attached hydrogens (tertiary/aromatic N) is 2. The van der Waals surface area contributed by atoms with Gasteiger partial charge in [-0.25, -0.2) is 4.90 Å². The van der Waals surface area contributed by atoms with Crippen molar-refractivity contribution in [3.05, 3.63) is 99.1 Å². The summed E-state index contributed by atoms with van der Waals surface area (Å²) in [4.78, 5) is 44.9. The summed E-state index contributed by atoms with van der Waals surface area (Å²) in [5, 5.41) is 0.307. The molecule has 2 saturated heterocycles. The molecule has 0 radical (unpaired) electrons. The van der Waals surface area contributed by atoms with Crippen LogP contribution in [0.15, 0.2) is 77.4 Å². The summed E-state index contributed by atoms with van der Waals surface area (Å²) in [5.41, 5.74) is 2.65. The quantitative estimate of drug-likeness (QED) is 0.309. The third-order valence-electron chi connectivity index (χ3n) is 7.26. The summed E-state index contributed by atoms with van der Waals surface area (Å²) < 4.78 is 5.94. The summed E-state index contributed by atoms with van der Waals surface area (Å²) in [6, 6.07) is 18.3. The smallest absolute Gasteiger partial charge is 0.240 e. The lowest BCUT2D eigenvalue weighted by Gasteiger charge is -2.35. The molecule has 6 nitrogen and oxygen atoms in total. The molecule has 2 amide bonds. The Morgan fingerprint density at radius 1 is 0.972 bits per heavy atom. The molecule has 0 spiro atoms. The van der Waals surface area contributed by atoms with Gasteiger partial charge in [-0.1, -0.05) is 48.0 Å². The standard InChI is InChI=1S/C28H20BrClN2O4/c1-36-21-11-10-16(14-18(21)29)26(33)25-23-22(24-17-7-3-2-6-15(17)12-13-31(24)25)27(34)32(28(23)35)20-9-5-4-8-19(20)30/h2-14,22-25H,1H3/t22-,23-,24+,25+/m1/s1. The van der Waals surface area contributed by atoms with Gasteiger partial charge in [-0.2, -0.15) is 0 Å². The van der Waals surface area contributed by atoms with E-state index in [2.05, 4.69) is 15.9 Å². The van der Waals surface area contributed by atoms with Crippen LogP contribution in [0.2, 0.25) is 5.02 Å². The highest BCUT2D eigenvalue weighted by molar-refractivity contribution is 9.10. The lowest BCUT2D eigenvalue weighted by molar-refractivity contribution is -0.123. The zero-order chi connectivity index (χ0) is 25.1. The summed E-state index contributed by atoms with van der Waals surface area (Å²) in [6.07, 6.45) is 3.77. The van der Waals surface area contributed by atoms with Gasteiger partial charge in [0.15, 0.2) is 5.78 Å². The van der Waals surface area contributed by atoms with Crippen LogP contribution in [0, 0.1) is 11.8 Å². The van der Waals surface area contributed by atoms with E-state index in [0.717, 1.165) is 11.1 Å². The zero-order valence-electron chi connectivity index (χ0n) is 19.1. The van der Waals surface area contributed by atoms with Gasteiger partial charge in [0.05, 0.1) is 40.2 Å². The third kappa shape index (κ3) is 3.26. The van der Waals surface area contributed by atoms with Crippen molar-refractivity contribution in [2.75, 3.05) is 12.0 Å². The number of anilines is 1. The fourth-order valence-corrected chi connectivity index (χ4v) is 6.48. The number of amides is 2. The van der Waals surface area contributed by atoms with Gasteiger partial charge in [0.1, 0.15) is 11.8 Å². The molecule has 4 atom stereocenters. The summed E-state index contributed by atoms with van der Waals surface area (Å²) >= 11 is 9.85. The SMILES string of the molecule is COc1ccc(C(=O)[C@@H]2[C@@H]3C(=O)N(c4ccccc4Cl)C(=O)[C@H]3[C@@H]3c4ccccc4C=CN23)cc1Br. The van der Waals surface area contributed by atoms with Crippen molar-refractivity contribution >= 4 is 56.9 Å². The van der Waals surface area contributed by atoms with Crippen molar-refractivity contribution in [3.63, 3.8) is 0 Å². The van der Waals surface area contributed by atoms with E-state index in [1.165, 1.54) is 4.90 Å². The number of ether oxygens (including phenoxy) is 1. The van der Waals surface area contributed by atoms with Gasteiger partial charge >= 0.3 is 0 Å². The van der Waals surface area contributed by atoms with Gasteiger partial charge in [-0.15, -0.1) is 0 Å². The maximum atomic E-state index is 14.0. The first-order chi connectivity index (χ1) is 17.4. The van der Waals surface area contributed by atoms with Crippen LogP contribution in [-0.4, -0.2) is 35.6 Å². The summed E-state index contributed by atoms with van der Waals surface area (Å²) in [6.45, 7) is 0. The minimum absolute atomic E-state index is 0.234. The fraction of sp³-hybridized carbons (Fsp3) is 0.179. The second-order valence-corrected chi connectivity index (χ2v) is 10.3. The minimum atomic E-state index is -0.858. The van der Waals surface area contributed by atoms with E-state index in [1.807, 2.05) is 41.4 Å². The number of halogens is 2. The molecule has 3 aromatic rings. The first-order valence-electron chi connectivity index (χ1n) is 11.5. The number of fused-ring (bicyclic) bond motifs is 5. The largest absolute Gasteiger partial charge is 0.496 e. The molecule has 8 heteroatoms. The normalized spacial score (nSPS) is 24.0. The lowest BCUT2D eigenvalue weighted by Crippen LogP contribution is -2.44. The maximum Gasteiger partial charge on any atom is 0.240 e. The average molecular weight is 564 g/mol. The Labute approximate surface area is 221 Å². The number of benzene rings is 3. The van der Waals surface area contributed by atoms with Gasteiger partial charge < -0.3 is 9.64 Å². The fourth-order valence-electron chi connectivity index (χ4n) is 5.72. The number of carbonyl (C=O) groups excluding carboxylic acids is 3. The molecule has 3 aromatic carbocycles. The van der Waals surface area contributed by atoms with E-state index >= 15 is 0 Å². The second kappa shape index (κ2) is 8.61. The van der Waals surface area contributed by atoms with Crippen LogP contribution in [0.25, 0.3) is 6.08 Å². The van der Waals surface area contributed by atoms with Crippen molar-refractivity contribution in [3.8, 4) is 5.75 Å². The second-order valence-electron chi connectivity index (χ2n) is 9.01. The van der Waals surface area contributed by atoms with Gasteiger partial charge in [0.2, 0.25) is 11.8 Å². The number of rotatable bonds is 4. The Bertz CT molecular complexity index is 1470. The Hall–Kier alpha value is -3.42. The third-order valence-corrected chi connectivity index (χ3v) is 8.20. The molecule has 3 aliphatic heterocycles. The zero-order valence-corrected chi connectivity index (χ0v) is 21.4. The van der Waals surface area contributed by atoms with Gasteiger partial charge in [0.25, 0.3) is 0 Å². The number of methoxy groups -OCH3 is 1. The molecule has 0 saturated carbocycles. The van der Waals surface area contributed by atoms with Crippen molar-refractivity contribution in [2.45, 2.75) is 12.1 Å². The Balaban J connectivity index is 1.50. The monoisotopic (exact) mass is 562 g/mol. The number of imide groups is 1. The molecule has 3 heterocycles. The van der Waals surface area contributed by atoms with Crippen LogP contribution in [0.4, 0.5) is 5.69 Å². The molecule has 0 N–H and O–H groups in total. The van der Waals surface area contributed by atoms with Crippen LogP contribution < -0.4 is 9.64 Å². The topological polar surface area (TPSA) is 66.9 Å². The lowest BCUT2D eigenvalue weighted by atomic mass is 9.83. The number of para-hydroxylation sites is 1. The van der Waals surface area contributed by atoms with E-state index < -0.39 is 29.8 Å². The number of hydrogen-bond acceptors (Lipinski definition) is 5. The van der Waals surface area contributed by atoms with E-state index in [9.17, 15) is 14.4 Å². The Kier molecular flexibility index (Phi) is 5.50. The average Bonchev–Trinajstić information content (AvgIpc) is 3.36. The van der Waals surface area contributed by atoms with Crippen LogP contribution in [0.1, 0.15) is 27.5 Å². The van der Waals surface area contributed by atoms with Crippen LogP contribution in [-0.2, 0) is 9.59 Å². The molecule has 0 unspecified atom stereocenters. The molecule has 0 bridgehead atoms. The van der Waals surface area contributed by atoms with Crippen LogP contribution in [0.5, 0.6) is 5.75 Å². The Morgan fingerprint density at radius 2 is 1.69 bits per heavy atom. The number of ketones is 1. The predicted octanol–water partition coefficient (Wildman–Crippen LogP) is 5.51. The highest BCUT2D eigenvalue weighted by atomic mass is 79.9. The molecule has 36 heavy (non-hydrogen) atoms. The summed E-state index contributed by atoms with van der Waals surface area (Å²) in [7, 11) is 1.55. The molecular weight excluding hydrogens is 544 g/mol. The van der Waals surface area contributed by atoms with Crippen molar-refractivity contribution in [2.24, 2.45) is 11.8 Å². The first kappa shape index (κ1) is 23.0. The molecule has 2 fully saturated rings. The van der Waals surface area contributed by atoms with E-state index in [4.69, 9.17) is 16.3 Å². The van der Waals surface area contributed by atoms with Gasteiger partial charge in [-0.05, 0) is 63.5 Å². The van der Waals surface area contributed by atoms with Gasteiger partial charge in [0, 0.05) is 11.8 Å². The number of hydrogen-bond donors (Lipinski definition) is 0. The van der Waals surface area contributed by atoms with E-state index in [0.29, 0.717) is 26.5 Å². The minimum Gasteiger partial charge on any atom is -0.496 e. The Morgan fingerprint density at radius 3 is 2.44 bits per heavy atom. The first-order valence-corrected chi connectivity index (χ1v) is 12.6. The molecule has 180 valence electrons. The van der Waals surface area contributed by atoms with Crippen LogP contribution in [0.3, 0.4) is 0 Å². The molecular formula is C28H20BrClN2O4. The molecule has 0 aromatic heterocycles. The predicted molar refractivity (Wildman–Crippen MR) is 140 cm³/mol. The summed E-state index contributed by atoms with van der Waals surface area (Å²) in [5.74, 6) is -1.98. The van der Waals surface area contributed by atoms with Crippen molar-refractivity contribution in [1.82, 2.24) is 4.90 Å².